The normalized spacial score (nSPS) is 27.8. The SMILES string of the molecule is CCNC1C(=O)Nc2cc(SC3CCOC3C)c(Cl)cc21. The lowest BCUT2D eigenvalue weighted by atomic mass is 10.1. The molecule has 4 nitrogen and oxygen atoms in total. The smallest absolute Gasteiger partial charge is 0.246 e. The van der Waals surface area contributed by atoms with Crippen LogP contribution in [0.2, 0.25) is 5.02 Å². The van der Waals surface area contributed by atoms with E-state index in [2.05, 4.69) is 17.6 Å². The van der Waals surface area contributed by atoms with E-state index in [1.807, 2.05) is 19.1 Å². The highest BCUT2D eigenvalue weighted by Crippen LogP contribution is 2.42. The molecule has 1 saturated heterocycles. The van der Waals surface area contributed by atoms with E-state index in [1.54, 1.807) is 11.8 Å². The van der Waals surface area contributed by atoms with Gasteiger partial charge in [-0.3, -0.25) is 4.79 Å². The molecule has 2 N–H and O–H groups in total. The Kier molecular flexibility index (Phi) is 4.45. The number of hydrogen-bond acceptors (Lipinski definition) is 4. The van der Waals surface area contributed by atoms with Crippen LogP contribution in [-0.2, 0) is 9.53 Å². The maximum Gasteiger partial charge on any atom is 0.246 e. The van der Waals surface area contributed by atoms with Gasteiger partial charge in [0.1, 0.15) is 6.04 Å². The van der Waals surface area contributed by atoms with Gasteiger partial charge in [-0.1, -0.05) is 18.5 Å². The Labute approximate surface area is 134 Å². The molecule has 2 aliphatic heterocycles. The lowest BCUT2D eigenvalue weighted by Crippen LogP contribution is -2.27. The van der Waals surface area contributed by atoms with Gasteiger partial charge in [0, 0.05) is 28.0 Å². The summed E-state index contributed by atoms with van der Waals surface area (Å²) in [6.45, 7) is 5.62. The van der Waals surface area contributed by atoms with Gasteiger partial charge in [-0.2, -0.15) is 0 Å². The van der Waals surface area contributed by atoms with Crippen molar-refractivity contribution >= 4 is 35.0 Å². The highest BCUT2D eigenvalue weighted by molar-refractivity contribution is 8.00. The summed E-state index contributed by atoms with van der Waals surface area (Å²) in [6.07, 6.45) is 1.27. The van der Waals surface area contributed by atoms with Crippen molar-refractivity contribution in [2.45, 2.75) is 42.6 Å². The average Bonchev–Trinajstić information content (AvgIpc) is 2.97. The van der Waals surface area contributed by atoms with Crippen molar-refractivity contribution in [3.63, 3.8) is 0 Å². The van der Waals surface area contributed by atoms with Crippen LogP contribution in [0.3, 0.4) is 0 Å². The summed E-state index contributed by atoms with van der Waals surface area (Å²) in [5.74, 6) is -0.0114. The Morgan fingerprint density at radius 2 is 2.33 bits per heavy atom. The van der Waals surface area contributed by atoms with E-state index in [0.29, 0.717) is 10.3 Å². The van der Waals surface area contributed by atoms with E-state index >= 15 is 0 Å². The lowest BCUT2D eigenvalue weighted by molar-refractivity contribution is -0.117. The van der Waals surface area contributed by atoms with Crippen LogP contribution in [0.5, 0.6) is 0 Å². The molecule has 0 spiro atoms. The van der Waals surface area contributed by atoms with Gasteiger partial charge in [-0.25, -0.2) is 0 Å². The fourth-order valence-corrected chi connectivity index (χ4v) is 4.26. The molecule has 21 heavy (non-hydrogen) atoms. The van der Waals surface area contributed by atoms with E-state index in [1.165, 1.54) is 0 Å². The summed E-state index contributed by atoms with van der Waals surface area (Å²) in [5, 5.41) is 7.24. The minimum atomic E-state index is -0.296. The van der Waals surface area contributed by atoms with Gasteiger partial charge in [0.05, 0.1) is 11.1 Å². The fourth-order valence-electron chi connectivity index (χ4n) is 2.79. The predicted octanol–water partition coefficient (Wildman–Crippen LogP) is 3.21. The Balaban J connectivity index is 1.85. The summed E-state index contributed by atoms with van der Waals surface area (Å²) in [4.78, 5) is 13.0. The molecule has 6 heteroatoms. The van der Waals surface area contributed by atoms with E-state index < -0.39 is 0 Å². The molecule has 0 aromatic heterocycles. The zero-order valence-electron chi connectivity index (χ0n) is 12.1. The van der Waals surface area contributed by atoms with E-state index in [-0.39, 0.29) is 18.1 Å². The number of carbonyl (C=O) groups is 1. The zero-order valence-corrected chi connectivity index (χ0v) is 13.7. The second-order valence-electron chi connectivity index (χ2n) is 5.37. The molecule has 1 aromatic carbocycles. The summed E-state index contributed by atoms with van der Waals surface area (Å²) < 4.78 is 5.59. The fraction of sp³-hybridized carbons (Fsp3) is 0.533. The number of halogens is 1. The van der Waals surface area contributed by atoms with Gasteiger partial charge in [-0.15, -0.1) is 11.8 Å². The molecule has 3 unspecified atom stereocenters. The molecule has 3 rings (SSSR count). The molecule has 0 aliphatic carbocycles. The minimum Gasteiger partial charge on any atom is -0.377 e. The highest BCUT2D eigenvalue weighted by Gasteiger charge is 2.32. The van der Waals surface area contributed by atoms with Crippen LogP contribution in [0.25, 0.3) is 0 Å². The molecule has 0 radical (unpaired) electrons. The summed E-state index contributed by atoms with van der Waals surface area (Å²) in [6, 6.07) is 3.60. The molecule has 0 saturated carbocycles. The number of amides is 1. The van der Waals surface area contributed by atoms with Crippen LogP contribution in [0, 0.1) is 0 Å². The third kappa shape index (κ3) is 2.93. The highest BCUT2D eigenvalue weighted by atomic mass is 35.5. The zero-order chi connectivity index (χ0) is 15.0. The summed E-state index contributed by atoms with van der Waals surface area (Å²) in [7, 11) is 0. The maximum atomic E-state index is 12.0. The van der Waals surface area contributed by atoms with E-state index in [9.17, 15) is 4.79 Å². The number of ether oxygens (including phenoxy) is 1. The molecule has 2 heterocycles. The van der Waals surface area contributed by atoms with Crippen molar-refractivity contribution < 1.29 is 9.53 Å². The van der Waals surface area contributed by atoms with Crippen molar-refractivity contribution in [3.8, 4) is 0 Å². The summed E-state index contributed by atoms with van der Waals surface area (Å²) >= 11 is 8.16. The number of fused-ring (bicyclic) bond motifs is 1. The van der Waals surface area contributed by atoms with Gasteiger partial charge < -0.3 is 15.4 Å². The van der Waals surface area contributed by atoms with Gasteiger partial charge in [-0.05, 0) is 32.0 Å². The Bertz CT molecular complexity index is 567. The first-order chi connectivity index (χ1) is 10.1. The topological polar surface area (TPSA) is 50.4 Å². The van der Waals surface area contributed by atoms with E-state index in [4.69, 9.17) is 16.3 Å². The number of carbonyl (C=O) groups excluding carboxylic acids is 1. The first kappa shape index (κ1) is 15.2. The van der Waals surface area contributed by atoms with Crippen LogP contribution in [0.4, 0.5) is 5.69 Å². The van der Waals surface area contributed by atoms with Gasteiger partial charge in [0.25, 0.3) is 0 Å². The van der Waals surface area contributed by atoms with Gasteiger partial charge in [0.15, 0.2) is 0 Å². The number of hydrogen-bond donors (Lipinski definition) is 2. The van der Waals surface area contributed by atoms with E-state index in [0.717, 1.165) is 35.7 Å². The molecular weight excluding hydrogens is 308 g/mol. The van der Waals surface area contributed by atoms with Gasteiger partial charge >= 0.3 is 0 Å². The third-order valence-electron chi connectivity index (χ3n) is 3.93. The van der Waals surface area contributed by atoms with Crippen LogP contribution in [0.15, 0.2) is 17.0 Å². The standard InChI is InChI=1S/C15H19ClN2O2S/c1-3-17-14-9-6-10(16)13(7-11(9)18-15(14)19)21-12-4-5-20-8(12)2/h6-8,12,14,17H,3-5H2,1-2H3,(H,18,19). The van der Waals surface area contributed by atoms with Crippen molar-refractivity contribution in [3.05, 3.63) is 22.7 Å². The van der Waals surface area contributed by atoms with Gasteiger partial charge in [0.2, 0.25) is 5.91 Å². The second kappa shape index (κ2) is 6.16. The molecule has 1 amide bonds. The molecule has 1 aromatic rings. The second-order valence-corrected chi connectivity index (χ2v) is 7.06. The van der Waals surface area contributed by atoms with Crippen molar-refractivity contribution in [1.29, 1.82) is 0 Å². The number of benzene rings is 1. The van der Waals surface area contributed by atoms with Crippen LogP contribution < -0.4 is 10.6 Å². The van der Waals surface area contributed by atoms with Crippen molar-refractivity contribution in [2.75, 3.05) is 18.5 Å². The number of anilines is 1. The van der Waals surface area contributed by atoms with Crippen LogP contribution in [0.1, 0.15) is 31.9 Å². The quantitative estimate of drug-likeness (QED) is 0.892. The number of nitrogens with one attached hydrogen (secondary N) is 2. The number of rotatable bonds is 4. The van der Waals surface area contributed by atoms with Crippen LogP contribution in [-0.4, -0.2) is 30.4 Å². The first-order valence-electron chi connectivity index (χ1n) is 7.26. The predicted molar refractivity (Wildman–Crippen MR) is 86.2 cm³/mol. The molecule has 2 aliphatic rings. The molecule has 114 valence electrons. The molecule has 3 atom stereocenters. The number of thioether (sulfide) groups is 1. The Morgan fingerprint density at radius 3 is 3.00 bits per heavy atom. The Hall–Kier alpha value is -0.750. The third-order valence-corrected chi connectivity index (χ3v) is 5.87. The lowest BCUT2D eigenvalue weighted by Gasteiger charge is -2.16. The molecular formula is C15H19ClN2O2S. The molecule has 1 fully saturated rings. The Morgan fingerprint density at radius 1 is 1.52 bits per heavy atom. The number of likely N-dealkylation sites (N-methyl/N-ethyl adjacent to an activating group) is 1. The molecule has 0 bridgehead atoms. The maximum absolute atomic E-state index is 12.0. The largest absolute Gasteiger partial charge is 0.377 e. The van der Waals surface area contributed by atoms with Crippen LogP contribution >= 0.6 is 23.4 Å². The monoisotopic (exact) mass is 326 g/mol. The van der Waals surface area contributed by atoms with Crippen molar-refractivity contribution in [2.24, 2.45) is 0 Å². The average molecular weight is 327 g/mol. The summed E-state index contributed by atoms with van der Waals surface area (Å²) in [5.41, 5.74) is 1.80. The van der Waals surface area contributed by atoms with Crippen molar-refractivity contribution in [1.82, 2.24) is 5.32 Å². The first-order valence-corrected chi connectivity index (χ1v) is 8.52. The minimum absolute atomic E-state index is 0.0114.